The highest BCUT2D eigenvalue weighted by molar-refractivity contribution is 6.51. The molecule has 3 aromatic rings. The molecule has 1 amide bonds. The van der Waals surface area contributed by atoms with E-state index in [4.69, 9.17) is 23.2 Å². The van der Waals surface area contributed by atoms with Crippen molar-refractivity contribution < 1.29 is 19.1 Å². The number of amides is 1. The number of benzene rings is 3. The maximum atomic E-state index is 13.7. The van der Waals surface area contributed by atoms with Crippen molar-refractivity contribution in [1.82, 2.24) is 0 Å². The van der Waals surface area contributed by atoms with E-state index in [2.05, 4.69) is 0 Å². The van der Waals surface area contributed by atoms with Gasteiger partial charge >= 0.3 is 0 Å². The van der Waals surface area contributed by atoms with Crippen LogP contribution in [0.4, 0.5) is 10.1 Å². The SMILES string of the molecule is CCc1ccc(/C(O)=C2\C(=O)C(=O)N(c3ccc(F)c(Cl)c3)C2c2ccc(Cl)cc2)cc1. The van der Waals surface area contributed by atoms with Crippen LogP contribution in [-0.4, -0.2) is 16.8 Å². The van der Waals surface area contributed by atoms with Gasteiger partial charge in [0.05, 0.1) is 16.6 Å². The highest BCUT2D eigenvalue weighted by atomic mass is 35.5. The van der Waals surface area contributed by atoms with Crippen LogP contribution >= 0.6 is 23.2 Å². The van der Waals surface area contributed by atoms with Crippen LogP contribution < -0.4 is 4.90 Å². The monoisotopic (exact) mass is 469 g/mol. The van der Waals surface area contributed by atoms with E-state index in [9.17, 15) is 19.1 Å². The zero-order valence-electron chi connectivity index (χ0n) is 17.0. The molecule has 1 heterocycles. The number of aliphatic hydroxyl groups is 1. The van der Waals surface area contributed by atoms with Gasteiger partial charge in [0.15, 0.2) is 0 Å². The van der Waals surface area contributed by atoms with E-state index in [-0.39, 0.29) is 22.0 Å². The summed E-state index contributed by atoms with van der Waals surface area (Å²) < 4.78 is 13.7. The molecule has 4 rings (SSSR count). The fourth-order valence-corrected chi connectivity index (χ4v) is 4.05. The predicted octanol–water partition coefficient (Wildman–Crippen LogP) is 6.32. The summed E-state index contributed by atoms with van der Waals surface area (Å²) >= 11 is 12.0. The largest absolute Gasteiger partial charge is 0.507 e. The van der Waals surface area contributed by atoms with Gasteiger partial charge in [-0.25, -0.2) is 4.39 Å². The summed E-state index contributed by atoms with van der Waals surface area (Å²) in [5.74, 6) is -2.63. The first-order chi connectivity index (χ1) is 15.3. The van der Waals surface area contributed by atoms with E-state index in [0.29, 0.717) is 16.1 Å². The Hall–Kier alpha value is -3.15. The summed E-state index contributed by atoms with van der Waals surface area (Å²) in [6.07, 6.45) is 0.821. The van der Waals surface area contributed by atoms with E-state index >= 15 is 0 Å². The number of aliphatic hydroxyl groups excluding tert-OH is 1. The first kappa shape index (κ1) is 22.1. The summed E-state index contributed by atoms with van der Waals surface area (Å²) in [5.41, 5.74) is 2.20. The van der Waals surface area contributed by atoms with Gasteiger partial charge < -0.3 is 5.11 Å². The maximum Gasteiger partial charge on any atom is 0.300 e. The van der Waals surface area contributed by atoms with Gasteiger partial charge in [-0.3, -0.25) is 14.5 Å². The number of carbonyl (C=O) groups is 2. The fourth-order valence-electron chi connectivity index (χ4n) is 3.75. The first-order valence-electron chi connectivity index (χ1n) is 9.92. The van der Waals surface area contributed by atoms with Gasteiger partial charge in [-0.1, -0.05) is 66.5 Å². The van der Waals surface area contributed by atoms with Crippen LogP contribution in [0.1, 0.15) is 29.7 Å². The molecule has 0 bridgehead atoms. The molecule has 4 nitrogen and oxygen atoms in total. The van der Waals surface area contributed by atoms with Crippen LogP contribution in [-0.2, 0) is 16.0 Å². The Morgan fingerprint density at radius 2 is 1.66 bits per heavy atom. The smallest absolute Gasteiger partial charge is 0.300 e. The van der Waals surface area contributed by atoms with Crippen LogP contribution in [0.2, 0.25) is 10.0 Å². The Morgan fingerprint density at radius 3 is 2.25 bits per heavy atom. The third-order valence-corrected chi connectivity index (χ3v) is 5.99. The normalized spacial score (nSPS) is 17.8. The van der Waals surface area contributed by atoms with Crippen molar-refractivity contribution >= 4 is 46.3 Å². The molecule has 0 spiro atoms. The van der Waals surface area contributed by atoms with Gasteiger partial charge in [-0.05, 0) is 47.9 Å². The molecule has 7 heteroatoms. The highest BCUT2D eigenvalue weighted by Crippen LogP contribution is 2.43. The summed E-state index contributed by atoms with van der Waals surface area (Å²) in [7, 11) is 0. The molecule has 0 saturated carbocycles. The van der Waals surface area contributed by atoms with E-state index in [1.807, 2.05) is 19.1 Å². The molecule has 0 aromatic heterocycles. The van der Waals surface area contributed by atoms with Crippen molar-refractivity contribution in [2.45, 2.75) is 19.4 Å². The summed E-state index contributed by atoms with van der Waals surface area (Å²) in [6.45, 7) is 2.01. The minimum Gasteiger partial charge on any atom is -0.507 e. The number of anilines is 1. The summed E-state index contributed by atoms with van der Waals surface area (Å²) in [5, 5.41) is 11.4. The number of halogens is 3. The topological polar surface area (TPSA) is 57.6 Å². The molecule has 1 aliphatic rings. The van der Waals surface area contributed by atoms with Crippen LogP contribution in [0.15, 0.2) is 72.3 Å². The number of carbonyl (C=O) groups excluding carboxylic acids is 2. The lowest BCUT2D eigenvalue weighted by atomic mass is 9.94. The summed E-state index contributed by atoms with van der Waals surface area (Å²) in [6, 6.07) is 16.5. The molecular formula is C25H18Cl2FNO3. The molecule has 1 N–H and O–H groups in total. The van der Waals surface area contributed by atoms with Crippen molar-refractivity contribution in [3.63, 3.8) is 0 Å². The predicted molar refractivity (Wildman–Crippen MR) is 123 cm³/mol. The van der Waals surface area contributed by atoms with Gasteiger partial charge in [-0.2, -0.15) is 0 Å². The Kier molecular flexibility index (Phi) is 6.04. The second-order valence-electron chi connectivity index (χ2n) is 7.37. The molecule has 32 heavy (non-hydrogen) atoms. The standard InChI is InChI=1S/C25H18Cl2FNO3/c1-2-14-3-5-16(6-4-14)23(30)21-22(15-7-9-17(26)10-8-15)29(25(32)24(21)31)18-11-12-20(28)19(27)13-18/h3-13,22,30H,2H2,1H3/b23-21+. The van der Waals surface area contributed by atoms with Gasteiger partial charge in [-0.15, -0.1) is 0 Å². The number of rotatable bonds is 4. The molecule has 1 atom stereocenters. The van der Waals surface area contributed by atoms with Crippen LogP contribution in [0.25, 0.3) is 5.76 Å². The molecule has 1 unspecified atom stereocenters. The molecule has 1 aliphatic heterocycles. The number of hydrogen-bond donors (Lipinski definition) is 1. The lowest BCUT2D eigenvalue weighted by Gasteiger charge is -2.25. The molecule has 3 aromatic carbocycles. The average molecular weight is 470 g/mol. The molecule has 1 saturated heterocycles. The van der Waals surface area contributed by atoms with Gasteiger partial charge in [0.2, 0.25) is 0 Å². The third kappa shape index (κ3) is 3.90. The van der Waals surface area contributed by atoms with Crippen LogP contribution in [0.5, 0.6) is 0 Å². The van der Waals surface area contributed by atoms with Crippen LogP contribution in [0.3, 0.4) is 0 Å². The second kappa shape index (κ2) is 8.77. The molecule has 1 fully saturated rings. The number of ketones is 1. The Bertz CT molecular complexity index is 1240. The lowest BCUT2D eigenvalue weighted by Crippen LogP contribution is -2.29. The van der Waals surface area contributed by atoms with Gasteiger partial charge in [0.25, 0.3) is 11.7 Å². The van der Waals surface area contributed by atoms with E-state index in [1.54, 1.807) is 36.4 Å². The zero-order chi connectivity index (χ0) is 23.0. The van der Waals surface area contributed by atoms with Crippen molar-refractivity contribution in [2.24, 2.45) is 0 Å². The zero-order valence-corrected chi connectivity index (χ0v) is 18.5. The fraction of sp³-hybridized carbons (Fsp3) is 0.120. The molecule has 0 radical (unpaired) electrons. The third-order valence-electron chi connectivity index (χ3n) is 5.45. The van der Waals surface area contributed by atoms with Crippen molar-refractivity contribution in [3.05, 3.63) is 105 Å². The second-order valence-corrected chi connectivity index (χ2v) is 8.21. The highest BCUT2D eigenvalue weighted by Gasteiger charge is 2.47. The molecule has 0 aliphatic carbocycles. The minimum atomic E-state index is -0.945. The first-order valence-corrected chi connectivity index (χ1v) is 10.7. The number of hydrogen-bond acceptors (Lipinski definition) is 3. The van der Waals surface area contributed by atoms with E-state index in [0.717, 1.165) is 18.1 Å². The maximum absolute atomic E-state index is 13.7. The quantitative estimate of drug-likeness (QED) is 0.276. The lowest BCUT2D eigenvalue weighted by molar-refractivity contribution is -0.132. The van der Waals surface area contributed by atoms with Gasteiger partial charge in [0.1, 0.15) is 11.6 Å². The molecule has 162 valence electrons. The minimum absolute atomic E-state index is 0.0676. The van der Waals surface area contributed by atoms with Crippen molar-refractivity contribution in [3.8, 4) is 0 Å². The molecular weight excluding hydrogens is 452 g/mol. The Balaban J connectivity index is 1.92. The number of aryl methyl sites for hydroxylation is 1. The van der Waals surface area contributed by atoms with Gasteiger partial charge in [0, 0.05) is 16.3 Å². The summed E-state index contributed by atoms with van der Waals surface area (Å²) in [4.78, 5) is 27.4. The van der Waals surface area contributed by atoms with Crippen molar-refractivity contribution in [1.29, 1.82) is 0 Å². The number of Topliss-reactive ketones (excluding diaryl/α,β-unsaturated/α-hetero) is 1. The number of nitrogens with zero attached hydrogens (tertiary/aromatic N) is 1. The van der Waals surface area contributed by atoms with Crippen LogP contribution in [0, 0.1) is 5.82 Å². The van der Waals surface area contributed by atoms with E-state index in [1.165, 1.54) is 17.0 Å². The van der Waals surface area contributed by atoms with E-state index < -0.39 is 23.5 Å². The average Bonchev–Trinajstić information content (AvgIpc) is 3.06. The van der Waals surface area contributed by atoms with Crippen molar-refractivity contribution in [2.75, 3.05) is 4.90 Å². The Labute approximate surface area is 194 Å². The Morgan fingerprint density at radius 1 is 1.00 bits per heavy atom.